The smallest absolute Gasteiger partial charge is 0.122 e. The lowest BCUT2D eigenvalue weighted by atomic mass is 10.1. The second kappa shape index (κ2) is 8.85. The molecule has 2 nitrogen and oxygen atoms in total. The van der Waals surface area contributed by atoms with Crippen molar-refractivity contribution in [3.63, 3.8) is 0 Å². The second-order valence-corrected chi connectivity index (χ2v) is 5.04. The van der Waals surface area contributed by atoms with E-state index >= 15 is 0 Å². The molecule has 0 aliphatic carbocycles. The summed E-state index contributed by atoms with van der Waals surface area (Å²) in [5.74, 6) is 1.76. The molecule has 0 heterocycles. The highest BCUT2D eigenvalue weighted by Gasteiger charge is 2.01. The minimum atomic E-state index is -0.579. The standard InChI is InChI=1S/C10H22O2S/c1-9(2)6-4-3-5-7-13-10(12)8-11/h9-12H,3-8H2,1-2H3. The summed E-state index contributed by atoms with van der Waals surface area (Å²) in [6.45, 7) is 4.35. The number of rotatable bonds is 8. The average molecular weight is 206 g/mol. The first-order valence-electron chi connectivity index (χ1n) is 5.07. The molecule has 0 aliphatic rings. The largest absolute Gasteiger partial charge is 0.393 e. The van der Waals surface area contributed by atoms with E-state index in [0.29, 0.717) is 0 Å². The zero-order chi connectivity index (χ0) is 10.1. The van der Waals surface area contributed by atoms with E-state index in [-0.39, 0.29) is 6.61 Å². The van der Waals surface area contributed by atoms with Crippen LogP contribution in [-0.2, 0) is 0 Å². The van der Waals surface area contributed by atoms with Crippen molar-refractivity contribution >= 4 is 11.8 Å². The minimum absolute atomic E-state index is 0.128. The van der Waals surface area contributed by atoms with Crippen molar-refractivity contribution in [1.29, 1.82) is 0 Å². The van der Waals surface area contributed by atoms with Crippen LogP contribution in [0.1, 0.15) is 39.5 Å². The Hall–Kier alpha value is 0.270. The van der Waals surface area contributed by atoms with Crippen LogP contribution in [0.25, 0.3) is 0 Å². The summed E-state index contributed by atoms with van der Waals surface area (Å²) in [5, 5.41) is 17.6. The molecule has 0 aromatic carbocycles. The molecule has 1 unspecified atom stereocenters. The second-order valence-electron chi connectivity index (χ2n) is 3.75. The maximum Gasteiger partial charge on any atom is 0.122 e. The molecule has 80 valence electrons. The molecule has 0 rings (SSSR count). The van der Waals surface area contributed by atoms with E-state index in [2.05, 4.69) is 13.8 Å². The van der Waals surface area contributed by atoms with Crippen LogP contribution in [0.3, 0.4) is 0 Å². The molecule has 3 heteroatoms. The number of aliphatic hydroxyl groups is 2. The molecular formula is C10H22O2S. The van der Waals surface area contributed by atoms with Gasteiger partial charge >= 0.3 is 0 Å². The first-order valence-corrected chi connectivity index (χ1v) is 6.12. The first-order chi connectivity index (χ1) is 6.16. The van der Waals surface area contributed by atoms with E-state index in [4.69, 9.17) is 10.2 Å². The average Bonchev–Trinajstić information content (AvgIpc) is 2.10. The molecule has 2 N–H and O–H groups in total. The Morgan fingerprint density at radius 2 is 1.85 bits per heavy atom. The van der Waals surface area contributed by atoms with Gasteiger partial charge in [-0.3, -0.25) is 0 Å². The molecule has 0 amide bonds. The monoisotopic (exact) mass is 206 g/mol. The Morgan fingerprint density at radius 1 is 1.15 bits per heavy atom. The minimum Gasteiger partial charge on any atom is -0.393 e. The summed E-state index contributed by atoms with van der Waals surface area (Å²) in [6, 6.07) is 0. The van der Waals surface area contributed by atoms with Crippen LogP contribution in [0, 0.1) is 5.92 Å². The number of aliphatic hydroxyl groups excluding tert-OH is 2. The van der Waals surface area contributed by atoms with Crippen molar-refractivity contribution in [1.82, 2.24) is 0 Å². The van der Waals surface area contributed by atoms with Crippen LogP contribution >= 0.6 is 11.8 Å². The third kappa shape index (κ3) is 10.2. The molecule has 1 atom stereocenters. The topological polar surface area (TPSA) is 40.5 Å². The van der Waals surface area contributed by atoms with E-state index in [1.54, 1.807) is 0 Å². The molecular weight excluding hydrogens is 184 g/mol. The lowest BCUT2D eigenvalue weighted by molar-refractivity contribution is 0.160. The fourth-order valence-electron chi connectivity index (χ4n) is 1.10. The molecule has 0 saturated carbocycles. The summed E-state index contributed by atoms with van der Waals surface area (Å²) in [5.41, 5.74) is -0.579. The number of hydrogen-bond acceptors (Lipinski definition) is 3. The highest BCUT2D eigenvalue weighted by atomic mass is 32.2. The molecule has 0 aliphatic heterocycles. The van der Waals surface area contributed by atoms with Gasteiger partial charge in [0.25, 0.3) is 0 Å². The fourth-order valence-corrected chi connectivity index (χ4v) is 1.85. The predicted molar refractivity (Wildman–Crippen MR) is 58.9 cm³/mol. The normalized spacial score (nSPS) is 13.6. The molecule has 0 saturated heterocycles. The van der Waals surface area contributed by atoms with Crippen LogP contribution < -0.4 is 0 Å². The van der Waals surface area contributed by atoms with Gasteiger partial charge < -0.3 is 10.2 Å². The summed E-state index contributed by atoms with van der Waals surface area (Å²) >= 11 is 1.44. The van der Waals surface area contributed by atoms with Crippen molar-refractivity contribution < 1.29 is 10.2 Å². The van der Waals surface area contributed by atoms with Crippen molar-refractivity contribution in [3.05, 3.63) is 0 Å². The van der Waals surface area contributed by atoms with Crippen molar-refractivity contribution in [3.8, 4) is 0 Å². The van der Waals surface area contributed by atoms with Crippen molar-refractivity contribution in [2.24, 2.45) is 5.92 Å². The van der Waals surface area contributed by atoms with Gasteiger partial charge in [0.15, 0.2) is 0 Å². The van der Waals surface area contributed by atoms with Crippen molar-refractivity contribution in [2.75, 3.05) is 12.4 Å². The SMILES string of the molecule is CC(C)CCCCCSC(O)CO. The van der Waals surface area contributed by atoms with Crippen LogP contribution in [0.5, 0.6) is 0 Å². The zero-order valence-electron chi connectivity index (χ0n) is 8.70. The van der Waals surface area contributed by atoms with Gasteiger partial charge in [0.05, 0.1) is 6.61 Å². The van der Waals surface area contributed by atoms with Gasteiger partial charge in [0.2, 0.25) is 0 Å². The molecule has 0 aromatic heterocycles. The number of unbranched alkanes of at least 4 members (excludes halogenated alkanes) is 2. The summed E-state index contributed by atoms with van der Waals surface area (Å²) < 4.78 is 0. The predicted octanol–water partition coefficient (Wildman–Crippen LogP) is 2.25. The van der Waals surface area contributed by atoms with E-state index in [1.807, 2.05) is 0 Å². The van der Waals surface area contributed by atoms with Gasteiger partial charge in [-0.1, -0.05) is 33.1 Å². The molecule has 13 heavy (non-hydrogen) atoms. The van der Waals surface area contributed by atoms with Gasteiger partial charge in [-0.2, -0.15) is 0 Å². The van der Waals surface area contributed by atoms with Gasteiger partial charge in [-0.25, -0.2) is 0 Å². The molecule has 0 fully saturated rings. The summed E-state index contributed by atoms with van der Waals surface area (Å²) in [7, 11) is 0. The van der Waals surface area contributed by atoms with E-state index < -0.39 is 5.44 Å². The molecule has 0 aromatic rings. The van der Waals surface area contributed by atoms with Gasteiger partial charge in [-0.05, 0) is 18.1 Å². The van der Waals surface area contributed by atoms with Crippen LogP contribution in [0.15, 0.2) is 0 Å². The Morgan fingerprint density at radius 3 is 2.38 bits per heavy atom. The lowest BCUT2D eigenvalue weighted by Gasteiger charge is -2.06. The number of thioether (sulfide) groups is 1. The van der Waals surface area contributed by atoms with Gasteiger partial charge in [-0.15, -0.1) is 11.8 Å². The Balaban J connectivity index is 2.99. The highest BCUT2D eigenvalue weighted by molar-refractivity contribution is 7.99. The Labute approximate surface area is 85.7 Å². The van der Waals surface area contributed by atoms with E-state index in [0.717, 1.165) is 18.1 Å². The summed E-state index contributed by atoms with van der Waals surface area (Å²) in [4.78, 5) is 0. The third-order valence-electron chi connectivity index (χ3n) is 1.89. The summed E-state index contributed by atoms with van der Waals surface area (Å²) in [6.07, 6.45) is 4.97. The maximum atomic E-state index is 9.02. The van der Waals surface area contributed by atoms with Gasteiger partial charge in [0.1, 0.15) is 5.44 Å². The zero-order valence-corrected chi connectivity index (χ0v) is 9.52. The van der Waals surface area contributed by atoms with E-state index in [1.165, 1.54) is 31.0 Å². The molecule has 0 radical (unpaired) electrons. The van der Waals surface area contributed by atoms with E-state index in [9.17, 15) is 0 Å². The van der Waals surface area contributed by atoms with Gasteiger partial charge in [0, 0.05) is 0 Å². The first kappa shape index (κ1) is 13.3. The Kier molecular flexibility index (Phi) is 9.03. The molecule has 0 spiro atoms. The lowest BCUT2D eigenvalue weighted by Crippen LogP contribution is -2.06. The van der Waals surface area contributed by atoms with Crippen LogP contribution in [-0.4, -0.2) is 28.0 Å². The maximum absolute atomic E-state index is 9.02. The third-order valence-corrected chi connectivity index (χ3v) is 2.95. The van der Waals surface area contributed by atoms with Crippen LogP contribution in [0.4, 0.5) is 0 Å². The Bertz CT molecular complexity index is 107. The molecule has 0 bridgehead atoms. The highest BCUT2D eigenvalue weighted by Crippen LogP contribution is 2.13. The number of hydrogen-bond donors (Lipinski definition) is 2. The quantitative estimate of drug-likeness (QED) is 0.473. The van der Waals surface area contributed by atoms with Crippen LogP contribution in [0.2, 0.25) is 0 Å². The fraction of sp³-hybridized carbons (Fsp3) is 1.00. The van der Waals surface area contributed by atoms with Crippen molar-refractivity contribution in [2.45, 2.75) is 45.0 Å².